The summed E-state index contributed by atoms with van der Waals surface area (Å²) in [7, 11) is 1.76. The molecule has 0 radical (unpaired) electrons. The number of nitrogens with two attached hydrogens (primary N) is 1. The Morgan fingerprint density at radius 2 is 1.96 bits per heavy atom. The van der Waals surface area contributed by atoms with E-state index in [9.17, 15) is 5.26 Å². The van der Waals surface area contributed by atoms with E-state index in [4.69, 9.17) is 5.73 Å². The third-order valence-corrected chi connectivity index (χ3v) is 4.23. The molecule has 4 N–H and O–H groups in total. The van der Waals surface area contributed by atoms with Gasteiger partial charge < -0.3 is 16.4 Å². The summed E-state index contributed by atoms with van der Waals surface area (Å²) >= 11 is 0. The standard InChI is InChI=1S/C20H29N7/c1-15(2)11-13-25-20(23-3)24-12-7-10-18-17(14-21)19(22)27(26-18)16-8-5-4-6-9-16/h4-6,8-9,15H,7,10-13,22H2,1-3H3,(H2,23,24,25). The normalized spacial score (nSPS) is 11.4. The van der Waals surface area contributed by atoms with Crippen LogP contribution in [0.15, 0.2) is 35.3 Å². The molecule has 0 saturated heterocycles. The summed E-state index contributed by atoms with van der Waals surface area (Å²) in [4.78, 5) is 4.22. The maximum absolute atomic E-state index is 9.46. The molecule has 0 bridgehead atoms. The number of nitrogens with zero attached hydrogens (tertiary/aromatic N) is 4. The largest absolute Gasteiger partial charge is 0.382 e. The molecule has 0 unspecified atom stereocenters. The summed E-state index contributed by atoms with van der Waals surface area (Å²) in [5.74, 6) is 1.84. The maximum Gasteiger partial charge on any atom is 0.190 e. The fourth-order valence-electron chi connectivity index (χ4n) is 2.70. The third-order valence-electron chi connectivity index (χ3n) is 4.23. The lowest BCUT2D eigenvalue weighted by Gasteiger charge is -2.12. The zero-order chi connectivity index (χ0) is 19.6. The second-order valence-corrected chi connectivity index (χ2v) is 6.78. The van der Waals surface area contributed by atoms with E-state index >= 15 is 0 Å². The van der Waals surface area contributed by atoms with E-state index < -0.39 is 0 Å². The maximum atomic E-state index is 9.46. The Hall–Kier alpha value is -3.01. The predicted octanol–water partition coefficient (Wildman–Crippen LogP) is 2.47. The number of aromatic nitrogens is 2. The number of benzene rings is 1. The average Bonchev–Trinajstić information content (AvgIpc) is 2.99. The lowest BCUT2D eigenvalue weighted by Crippen LogP contribution is -2.38. The van der Waals surface area contributed by atoms with E-state index in [1.807, 2.05) is 30.3 Å². The molecule has 7 nitrogen and oxygen atoms in total. The molecule has 0 saturated carbocycles. The van der Waals surface area contributed by atoms with Crippen LogP contribution in [0.25, 0.3) is 5.69 Å². The molecule has 0 atom stereocenters. The zero-order valence-electron chi connectivity index (χ0n) is 16.4. The number of anilines is 1. The highest BCUT2D eigenvalue weighted by Crippen LogP contribution is 2.21. The highest BCUT2D eigenvalue weighted by Gasteiger charge is 2.16. The van der Waals surface area contributed by atoms with Crippen molar-refractivity contribution in [3.8, 4) is 11.8 Å². The minimum Gasteiger partial charge on any atom is -0.382 e. The van der Waals surface area contributed by atoms with Crippen molar-refractivity contribution in [2.24, 2.45) is 10.9 Å². The second-order valence-electron chi connectivity index (χ2n) is 6.78. The van der Waals surface area contributed by atoms with Gasteiger partial charge in [-0.2, -0.15) is 10.4 Å². The number of nitrogens with one attached hydrogen (secondary N) is 2. The van der Waals surface area contributed by atoms with Gasteiger partial charge in [-0.25, -0.2) is 4.68 Å². The van der Waals surface area contributed by atoms with Gasteiger partial charge in [-0.15, -0.1) is 0 Å². The second kappa shape index (κ2) is 10.2. The molecule has 1 aromatic heterocycles. The van der Waals surface area contributed by atoms with Crippen LogP contribution in [0.1, 0.15) is 37.9 Å². The number of aryl methyl sites for hydroxylation is 1. The van der Waals surface area contributed by atoms with Gasteiger partial charge in [0.05, 0.1) is 11.4 Å². The van der Waals surface area contributed by atoms with E-state index in [1.165, 1.54) is 0 Å². The first-order chi connectivity index (χ1) is 13.1. The van der Waals surface area contributed by atoms with Gasteiger partial charge in [-0.1, -0.05) is 32.0 Å². The molecule has 0 aliphatic carbocycles. The Morgan fingerprint density at radius 3 is 2.59 bits per heavy atom. The predicted molar refractivity (Wildman–Crippen MR) is 110 cm³/mol. The van der Waals surface area contributed by atoms with Crippen molar-refractivity contribution >= 4 is 11.8 Å². The number of nitriles is 1. The topological polar surface area (TPSA) is 104 Å². The average molecular weight is 368 g/mol. The smallest absolute Gasteiger partial charge is 0.190 e. The summed E-state index contributed by atoms with van der Waals surface area (Å²) in [5.41, 5.74) is 8.17. The molecular formula is C20H29N7. The van der Waals surface area contributed by atoms with E-state index in [1.54, 1.807) is 11.7 Å². The molecule has 2 aromatic rings. The molecule has 0 aliphatic rings. The van der Waals surface area contributed by atoms with Crippen molar-refractivity contribution in [2.75, 3.05) is 25.9 Å². The quantitative estimate of drug-likeness (QED) is 0.378. The van der Waals surface area contributed by atoms with Gasteiger partial charge in [0.2, 0.25) is 0 Å². The van der Waals surface area contributed by atoms with Crippen molar-refractivity contribution in [3.63, 3.8) is 0 Å². The molecule has 144 valence electrons. The molecule has 0 fully saturated rings. The fourth-order valence-corrected chi connectivity index (χ4v) is 2.70. The first-order valence-corrected chi connectivity index (χ1v) is 9.34. The zero-order valence-corrected chi connectivity index (χ0v) is 16.4. The highest BCUT2D eigenvalue weighted by molar-refractivity contribution is 5.79. The molecule has 2 rings (SSSR count). The summed E-state index contributed by atoms with van der Waals surface area (Å²) < 4.78 is 1.63. The van der Waals surface area contributed by atoms with Gasteiger partial charge in [-0.3, -0.25) is 4.99 Å². The minimum atomic E-state index is 0.387. The number of aliphatic imine (C=N–C) groups is 1. The number of para-hydroxylation sites is 1. The van der Waals surface area contributed by atoms with Crippen LogP contribution < -0.4 is 16.4 Å². The number of hydrogen-bond donors (Lipinski definition) is 3. The Labute approximate surface area is 161 Å². The van der Waals surface area contributed by atoms with E-state index in [0.717, 1.165) is 43.3 Å². The van der Waals surface area contributed by atoms with Gasteiger partial charge in [0.1, 0.15) is 17.5 Å². The number of rotatable bonds is 8. The van der Waals surface area contributed by atoms with Crippen LogP contribution >= 0.6 is 0 Å². The molecular weight excluding hydrogens is 338 g/mol. The molecule has 27 heavy (non-hydrogen) atoms. The van der Waals surface area contributed by atoms with Crippen molar-refractivity contribution in [3.05, 3.63) is 41.6 Å². The monoisotopic (exact) mass is 367 g/mol. The molecule has 0 aliphatic heterocycles. The van der Waals surface area contributed by atoms with Crippen molar-refractivity contribution in [1.82, 2.24) is 20.4 Å². The van der Waals surface area contributed by atoms with Gasteiger partial charge in [0.25, 0.3) is 0 Å². The molecule has 1 heterocycles. The lowest BCUT2D eigenvalue weighted by atomic mass is 10.1. The van der Waals surface area contributed by atoms with Gasteiger partial charge in [0, 0.05) is 20.1 Å². The fraction of sp³-hybridized carbons (Fsp3) is 0.450. The van der Waals surface area contributed by atoms with Crippen LogP contribution in [0.4, 0.5) is 5.82 Å². The van der Waals surface area contributed by atoms with Crippen LogP contribution in [0.3, 0.4) is 0 Å². The summed E-state index contributed by atoms with van der Waals surface area (Å²) in [6.07, 6.45) is 2.59. The lowest BCUT2D eigenvalue weighted by molar-refractivity contribution is 0.573. The van der Waals surface area contributed by atoms with Crippen molar-refractivity contribution in [2.45, 2.75) is 33.1 Å². The highest BCUT2D eigenvalue weighted by atomic mass is 15.3. The van der Waals surface area contributed by atoms with Gasteiger partial charge in [-0.05, 0) is 37.3 Å². The number of guanidine groups is 1. The first-order valence-electron chi connectivity index (χ1n) is 9.34. The SMILES string of the molecule is CN=C(NCCCc1nn(-c2ccccc2)c(N)c1C#N)NCCC(C)C. The molecule has 1 aromatic carbocycles. The van der Waals surface area contributed by atoms with Crippen LogP contribution in [0.2, 0.25) is 0 Å². The minimum absolute atomic E-state index is 0.387. The Bertz CT molecular complexity index is 785. The Balaban J connectivity index is 1.92. The van der Waals surface area contributed by atoms with E-state index in [-0.39, 0.29) is 0 Å². The number of hydrogen-bond acceptors (Lipinski definition) is 4. The molecule has 0 amide bonds. The van der Waals surface area contributed by atoms with Crippen LogP contribution in [0, 0.1) is 17.2 Å². The van der Waals surface area contributed by atoms with Crippen LogP contribution in [0.5, 0.6) is 0 Å². The van der Waals surface area contributed by atoms with Crippen LogP contribution in [-0.2, 0) is 6.42 Å². The summed E-state index contributed by atoms with van der Waals surface area (Å²) in [6.45, 7) is 6.04. The third kappa shape index (κ3) is 5.74. The van der Waals surface area contributed by atoms with Gasteiger partial charge >= 0.3 is 0 Å². The molecule has 0 spiro atoms. The molecule has 7 heteroatoms. The summed E-state index contributed by atoms with van der Waals surface area (Å²) in [6, 6.07) is 11.8. The van der Waals surface area contributed by atoms with Crippen molar-refractivity contribution in [1.29, 1.82) is 5.26 Å². The Kier molecular flexibility index (Phi) is 7.68. The Morgan fingerprint density at radius 1 is 1.26 bits per heavy atom. The van der Waals surface area contributed by atoms with Crippen LogP contribution in [-0.4, -0.2) is 35.9 Å². The van der Waals surface area contributed by atoms with E-state index in [2.05, 4.69) is 40.6 Å². The van der Waals surface area contributed by atoms with E-state index in [0.29, 0.717) is 23.7 Å². The van der Waals surface area contributed by atoms with Gasteiger partial charge in [0.15, 0.2) is 5.96 Å². The van der Waals surface area contributed by atoms with Crippen molar-refractivity contribution < 1.29 is 0 Å². The number of nitrogen functional groups attached to an aromatic ring is 1. The first kappa shape index (κ1) is 20.3. The summed E-state index contributed by atoms with van der Waals surface area (Å²) in [5, 5.41) is 20.6.